The largest absolute Gasteiger partial charge is 0.426 e. The van der Waals surface area contributed by atoms with E-state index in [0.717, 1.165) is 42.2 Å². The highest BCUT2D eigenvalue weighted by Crippen LogP contribution is 2.31. The third-order valence-electron chi connectivity index (χ3n) is 4.16. The Morgan fingerprint density at radius 1 is 1.33 bits per heavy atom. The minimum absolute atomic E-state index is 0.0231. The number of hydrogen-bond acceptors (Lipinski definition) is 4. The molecule has 1 aliphatic rings. The Balaban J connectivity index is 2.04. The summed E-state index contributed by atoms with van der Waals surface area (Å²) in [5.74, 6) is 0.357. The Labute approximate surface area is 122 Å². The van der Waals surface area contributed by atoms with Crippen LogP contribution in [0.2, 0.25) is 0 Å². The van der Waals surface area contributed by atoms with Gasteiger partial charge in [0.25, 0.3) is 0 Å². The van der Waals surface area contributed by atoms with E-state index in [0.29, 0.717) is 11.3 Å². The van der Waals surface area contributed by atoms with E-state index in [2.05, 4.69) is 0 Å². The summed E-state index contributed by atoms with van der Waals surface area (Å²) < 4.78 is 10.7. The Morgan fingerprint density at radius 2 is 2.10 bits per heavy atom. The summed E-state index contributed by atoms with van der Waals surface area (Å²) >= 11 is 0. The van der Waals surface area contributed by atoms with E-state index in [1.165, 1.54) is 6.07 Å². The van der Waals surface area contributed by atoms with Gasteiger partial charge in [0.1, 0.15) is 11.3 Å². The number of benzene rings is 1. The molecule has 4 heteroatoms. The first-order valence-corrected chi connectivity index (χ1v) is 7.37. The second-order valence-corrected chi connectivity index (χ2v) is 5.61. The van der Waals surface area contributed by atoms with Crippen LogP contribution in [-0.2, 0) is 11.2 Å². The molecular formula is C17H18O4. The van der Waals surface area contributed by atoms with Crippen molar-refractivity contribution in [2.24, 2.45) is 5.92 Å². The molecule has 0 amide bonds. The van der Waals surface area contributed by atoms with E-state index in [4.69, 9.17) is 9.15 Å². The monoisotopic (exact) mass is 286 g/mol. The van der Waals surface area contributed by atoms with Crippen LogP contribution < -0.4 is 10.4 Å². The minimum atomic E-state index is -0.388. The van der Waals surface area contributed by atoms with Gasteiger partial charge in [-0.2, -0.15) is 0 Å². The molecule has 3 rings (SSSR count). The molecule has 0 spiro atoms. The van der Waals surface area contributed by atoms with Crippen molar-refractivity contribution in [3.8, 4) is 5.75 Å². The summed E-state index contributed by atoms with van der Waals surface area (Å²) in [6, 6.07) is 5.08. The molecule has 1 heterocycles. The van der Waals surface area contributed by atoms with Crippen LogP contribution in [0.25, 0.3) is 11.0 Å². The van der Waals surface area contributed by atoms with Crippen LogP contribution in [0.15, 0.2) is 27.4 Å². The molecule has 1 aromatic heterocycles. The molecule has 4 nitrogen and oxygen atoms in total. The zero-order valence-electron chi connectivity index (χ0n) is 12.3. The van der Waals surface area contributed by atoms with Crippen molar-refractivity contribution >= 4 is 16.9 Å². The van der Waals surface area contributed by atoms with Gasteiger partial charge in [0.05, 0.1) is 5.92 Å². The lowest BCUT2D eigenvalue weighted by atomic mass is 9.86. The van der Waals surface area contributed by atoms with E-state index in [-0.39, 0.29) is 17.5 Å². The number of ether oxygens (including phenoxy) is 1. The van der Waals surface area contributed by atoms with Crippen molar-refractivity contribution < 1.29 is 13.9 Å². The van der Waals surface area contributed by atoms with Crippen molar-refractivity contribution in [3.63, 3.8) is 0 Å². The predicted molar refractivity (Wildman–Crippen MR) is 79.6 cm³/mol. The molecule has 0 saturated heterocycles. The molecule has 0 unspecified atom stereocenters. The van der Waals surface area contributed by atoms with Gasteiger partial charge in [-0.15, -0.1) is 0 Å². The summed E-state index contributed by atoms with van der Waals surface area (Å²) in [5, 5.41) is 0.884. The highest BCUT2D eigenvalue weighted by Gasteiger charge is 2.27. The highest BCUT2D eigenvalue weighted by atomic mass is 16.5. The molecule has 0 bridgehead atoms. The third-order valence-corrected chi connectivity index (χ3v) is 4.16. The minimum Gasteiger partial charge on any atom is -0.426 e. The van der Waals surface area contributed by atoms with Gasteiger partial charge in [0.2, 0.25) is 0 Å². The van der Waals surface area contributed by atoms with Crippen LogP contribution in [0, 0.1) is 12.8 Å². The quantitative estimate of drug-likeness (QED) is 0.493. The van der Waals surface area contributed by atoms with Gasteiger partial charge < -0.3 is 9.15 Å². The van der Waals surface area contributed by atoms with Gasteiger partial charge in [-0.25, -0.2) is 4.79 Å². The smallest absolute Gasteiger partial charge is 0.336 e. The van der Waals surface area contributed by atoms with Gasteiger partial charge in [-0.3, -0.25) is 4.79 Å². The van der Waals surface area contributed by atoms with Crippen molar-refractivity contribution in [3.05, 3.63) is 39.7 Å². The van der Waals surface area contributed by atoms with E-state index in [1.807, 2.05) is 19.9 Å². The van der Waals surface area contributed by atoms with Gasteiger partial charge >= 0.3 is 11.6 Å². The molecule has 1 aliphatic carbocycles. The molecule has 1 fully saturated rings. The first kappa shape index (κ1) is 13.9. The fourth-order valence-corrected chi connectivity index (χ4v) is 2.60. The van der Waals surface area contributed by atoms with E-state index < -0.39 is 0 Å². The Bertz CT molecular complexity index is 753. The second kappa shape index (κ2) is 5.35. The Hall–Kier alpha value is -2.10. The van der Waals surface area contributed by atoms with Gasteiger partial charge in [-0.1, -0.05) is 13.3 Å². The molecule has 0 radical (unpaired) electrons. The van der Waals surface area contributed by atoms with Crippen LogP contribution >= 0.6 is 0 Å². The fourth-order valence-electron chi connectivity index (χ4n) is 2.60. The molecule has 1 saturated carbocycles. The number of fused-ring (bicyclic) bond motifs is 1. The SMILES string of the molecule is CCc1cc2c(C)cc(=O)oc2cc1OC(=O)C1CCC1. The third kappa shape index (κ3) is 2.58. The number of hydrogen-bond donors (Lipinski definition) is 0. The summed E-state index contributed by atoms with van der Waals surface area (Å²) in [6.07, 6.45) is 3.65. The first-order valence-electron chi connectivity index (χ1n) is 7.37. The lowest BCUT2D eigenvalue weighted by molar-refractivity contribution is -0.141. The maximum atomic E-state index is 12.0. The standard InChI is InChI=1S/C17H18O4/c1-3-11-8-13-10(2)7-16(18)20-15(13)9-14(11)21-17(19)12-5-4-6-12/h7-9,12H,3-6H2,1-2H3. The van der Waals surface area contributed by atoms with Crippen molar-refractivity contribution in [1.82, 2.24) is 0 Å². The molecular weight excluding hydrogens is 268 g/mol. The van der Waals surface area contributed by atoms with Crippen LogP contribution in [0.1, 0.15) is 37.3 Å². The van der Waals surface area contributed by atoms with Crippen molar-refractivity contribution in [2.75, 3.05) is 0 Å². The summed E-state index contributed by atoms with van der Waals surface area (Å²) in [6.45, 7) is 3.88. The van der Waals surface area contributed by atoms with Crippen LogP contribution in [0.5, 0.6) is 5.75 Å². The lowest BCUT2D eigenvalue weighted by Crippen LogP contribution is -2.26. The van der Waals surface area contributed by atoms with Crippen molar-refractivity contribution in [2.45, 2.75) is 39.5 Å². The molecule has 1 aromatic carbocycles. The molecule has 110 valence electrons. The lowest BCUT2D eigenvalue weighted by Gasteiger charge is -2.23. The molecule has 0 atom stereocenters. The maximum Gasteiger partial charge on any atom is 0.336 e. The number of carbonyl (C=O) groups excluding carboxylic acids is 1. The van der Waals surface area contributed by atoms with Crippen LogP contribution in [0.4, 0.5) is 0 Å². The van der Waals surface area contributed by atoms with E-state index >= 15 is 0 Å². The van der Waals surface area contributed by atoms with Gasteiger partial charge in [0, 0.05) is 17.5 Å². The maximum absolute atomic E-state index is 12.0. The average Bonchev–Trinajstić information content (AvgIpc) is 2.35. The molecule has 21 heavy (non-hydrogen) atoms. The zero-order valence-corrected chi connectivity index (χ0v) is 12.3. The van der Waals surface area contributed by atoms with E-state index in [1.54, 1.807) is 6.07 Å². The number of aryl methyl sites for hydroxylation is 2. The summed E-state index contributed by atoms with van der Waals surface area (Å²) in [7, 11) is 0. The zero-order chi connectivity index (χ0) is 15.0. The number of carbonyl (C=O) groups is 1. The first-order chi connectivity index (χ1) is 10.1. The fraction of sp³-hybridized carbons (Fsp3) is 0.412. The summed E-state index contributed by atoms with van der Waals surface area (Å²) in [5.41, 5.74) is 1.90. The Morgan fingerprint density at radius 3 is 2.71 bits per heavy atom. The molecule has 0 N–H and O–H groups in total. The normalized spacial score (nSPS) is 15.0. The Kier molecular flexibility index (Phi) is 3.53. The van der Waals surface area contributed by atoms with Crippen LogP contribution in [0.3, 0.4) is 0 Å². The molecule has 0 aliphatic heterocycles. The van der Waals surface area contributed by atoms with E-state index in [9.17, 15) is 9.59 Å². The average molecular weight is 286 g/mol. The molecule has 2 aromatic rings. The van der Waals surface area contributed by atoms with Crippen molar-refractivity contribution in [1.29, 1.82) is 0 Å². The number of esters is 1. The van der Waals surface area contributed by atoms with Crippen LogP contribution in [-0.4, -0.2) is 5.97 Å². The summed E-state index contributed by atoms with van der Waals surface area (Å²) in [4.78, 5) is 23.5. The van der Waals surface area contributed by atoms with Gasteiger partial charge in [-0.05, 0) is 43.4 Å². The second-order valence-electron chi connectivity index (χ2n) is 5.61. The van der Waals surface area contributed by atoms with Gasteiger partial charge in [0.15, 0.2) is 0 Å². The highest BCUT2D eigenvalue weighted by molar-refractivity contribution is 5.84. The topological polar surface area (TPSA) is 56.5 Å². The predicted octanol–water partition coefficient (Wildman–Crippen LogP) is 3.37. The number of rotatable bonds is 3.